The summed E-state index contributed by atoms with van der Waals surface area (Å²) in [4.78, 5) is 13.6. The Morgan fingerprint density at radius 2 is 2.24 bits per heavy atom. The summed E-state index contributed by atoms with van der Waals surface area (Å²) in [5.41, 5.74) is -0.0716. The fourth-order valence-corrected chi connectivity index (χ4v) is 3.09. The van der Waals surface area contributed by atoms with Crippen LogP contribution in [0.25, 0.3) is 0 Å². The van der Waals surface area contributed by atoms with Crippen LogP contribution < -0.4 is 0 Å². The number of ether oxygens (including phenoxy) is 2. The molecule has 1 unspecified atom stereocenters. The van der Waals surface area contributed by atoms with Crippen LogP contribution in [-0.4, -0.2) is 62.5 Å². The highest BCUT2D eigenvalue weighted by Gasteiger charge is 2.50. The molecule has 1 spiro atoms. The van der Waals surface area contributed by atoms with Crippen molar-refractivity contribution in [1.82, 2.24) is 4.90 Å². The highest BCUT2D eigenvalue weighted by molar-refractivity contribution is 5.72. The zero-order chi connectivity index (χ0) is 12.3. The van der Waals surface area contributed by atoms with Gasteiger partial charge >= 0.3 is 5.97 Å². The molecule has 0 amide bonds. The number of hydrogen-bond donors (Lipinski definition) is 1. The summed E-state index contributed by atoms with van der Waals surface area (Å²) < 4.78 is 10.4. The van der Waals surface area contributed by atoms with Gasteiger partial charge in [0.1, 0.15) is 0 Å². The minimum absolute atomic E-state index is 0.0716. The van der Waals surface area contributed by atoms with Crippen LogP contribution in [-0.2, 0) is 14.3 Å². The first-order valence-corrected chi connectivity index (χ1v) is 6.20. The first-order valence-electron chi connectivity index (χ1n) is 6.20. The van der Waals surface area contributed by atoms with Gasteiger partial charge in [0.25, 0.3) is 0 Å². The molecule has 0 bridgehead atoms. The van der Waals surface area contributed by atoms with Crippen LogP contribution in [0.5, 0.6) is 0 Å². The van der Waals surface area contributed by atoms with E-state index in [-0.39, 0.29) is 11.3 Å². The van der Waals surface area contributed by atoms with Gasteiger partial charge in [0.2, 0.25) is 0 Å². The van der Waals surface area contributed by atoms with E-state index in [9.17, 15) is 9.90 Å². The van der Waals surface area contributed by atoms with Crippen molar-refractivity contribution >= 4 is 5.97 Å². The van der Waals surface area contributed by atoms with Crippen molar-refractivity contribution in [2.45, 2.75) is 12.8 Å². The van der Waals surface area contributed by atoms with Crippen molar-refractivity contribution in [1.29, 1.82) is 0 Å². The highest BCUT2D eigenvalue weighted by Crippen LogP contribution is 2.44. The number of carbonyl (C=O) groups is 1. The van der Waals surface area contributed by atoms with Gasteiger partial charge in [0, 0.05) is 45.4 Å². The molecule has 2 aliphatic rings. The average Bonchev–Trinajstić information content (AvgIpc) is 2.66. The molecule has 0 aliphatic carbocycles. The summed E-state index contributed by atoms with van der Waals surface area (Å²) in [5, 5.41) is 9.38. The number of methoxy groups -OCH3 is 1. The van der Waals surface area contributed by atoms with Gasteiger partial charge < -0.3 is 14.6 Å². The second kappa shape index (κ2) is 5.33. The molecule has 0 radical (unpaired) electrons. The molecule has 2 saturated heterocycles. The Morgan fingerprint density at radius 3 is 2.82 bits per heavy atom. The topological polar surface area (TPSA) is 59.0 Å². The zero-order valence-electron chi connectivity index (χ0n) is 10.4. The van der Waals surface area contributed by atoms with Crippen molar-refractivity contribution < 1.29 is 19.4 Å². The number of aliphatic carboxylic acids is 1. The molecule has 0 aromatic carbocycles. The lowest BCUT2D eigenvalue weighted by atomic mass is 9.72. The molecule has 17 heavy (non-hydrogen) atoms. The van der Waals surface area contributed by atoms with E-state index in [2.05, 4.69) is 4.90 Å². The summed E-state index contributed by atoms with van der Waals surface area (Å²) in [5.74, 6) is -0.907. The van der Waals surface area contributed by atoms with Gasteiger partial charge in [0.15, 0.2) is 0 Å². The molecule has 2 fully saturated rings. The molecule has 2 rings (SSSR count). The van der Waals surface area contributed by atoms with Crippen molar-refractivity contribution in [3.8, 4) is 0 Å². The second-order valence-corrected chi connectivity index (χ2v) is 5.09. The van der Waals surface area contributed by atoms with E-state index < -0.39 is 5.97 Å². The number of carboxylic acids is 1. The maximum Gasteiger partial charge on any atom is 0.308 e. The highest BCUT2D eigenvalue weighted by atomic mass is 16.5. The van der Waals surface area contributed by atoms with Crippen molar-refractivity contribution in [3.05, 3.63) is 0 Å². The van der Waals surface area contributed by atoms with Crippen LogP contribution in [0.15, 0.2) is 0 Å². The number of nitrogens with zero attached hydrogens (tertiary/aromatic N) is 1. The third kappa shape index (κ3) is 2.61. The van der Waals surface area contributed by atoms with Crippen molar-refractivity contribution in [2.75, 3.05) is 46.6 Å². The summed E-state index contributed by atoms with van der Waals surface area (Å²) in [6.45, 7) is 4.40. The van der Waals surface area contributed by atoms with E-state index in [1.807, 2.05) is 0 Å². The summed E-state index contributed by atoms with van der Waals surface area (Å²) in [6, 6.07) is 0. The lowest BCUT2D eigenvalue weighted by Gasteiger charge is -2.36. The lowest BCUT2D eigenvalue weighted by Crippen LogP contribution is -2.40. The van der Waals surface area contributed by atoms with Gasteiger partial charge in [-0.1, -0.05) is 0 Å². The molecule has 0 saturated carbocycles. The molecule has 2 heterocycles. The van der Waals surface area contributed by atoms with E-state index in [4.69, 9.17) is 9.47 Å². The van der Waals surface area contributed by atoms with E-state index in [0.29, 0.717) is 26.4 Å². The molecular formula is C12H21NO4. The maximum absolute atomic E-state index is 11.4. The van der Waals surface area contributed by atoms with Crippen molar-refractivity contribution in [3.63, 3.8) is 0 Å². The average molecular weight is 243 g/mol. The lowest BCUT2D eigenvalue weighted by molar-refractivity contribution is -0.146. The molecular weight excluding hydrogens is 222 g/mol. The molecule has 1 N–H and O–H groups in total. The number of rotatable bonds is 4. The Balaban J connectivity index is 2.04. The fourth-order valence-electron chi connectivity index (χ4n) is 3.09. The van der Waals surface area contributed by atoms with Gasteiger partial charge in [-0.05, 0) is 12.8 Å². The molecule has 0 aromatic heterocycles. The van der Waals surface area contributed by atoms with Crippen LogP contribution in [0.4, 0.5) is 0 Å². The monoisotopic (exact) mass is 243 g/mol. The zero-order valence-corrected chi connectivity index (χ0v) is 10.4. The Labute approximate surface area is 102 Å². The second-order valence-electron chi connectivity index (χ2n) is 5.09. The molecule has 1 atom stereocenters. The molecule has 98 valence electrons. The third-order valence-electron chi connectivity index (χ3n) is 4.12. The first kappa shape index (κ1) is 12.8. The maximum atomic E-state index is 11.4. The third-order valence-corrected chi connectivity index (χ3v) is 4.12. The van der Waals surface area contributed by atoms with Gasteiger partial charge in [0.05, 0.1) is 12.5 Å². The minimum atomic E-state index is -0.660. The number of carboxylic acid groups (broad SMARTS) is 1. The summed E-state index contributed by atoms with van der Waals surface area (Å²) >= 11 is 0. The SMILES string of the molecule is COCCN1CC(C(=O)O)C2(CCOCC2)C1. The van der Waals surface area contributed by atoms with Gasteiger partial charge in [-0.15, -0.1) is 0 Å². The van der Waals surface area contributed by atoms with Crippen LogP contribution >= 0.6 is 0 Å². The van der Waals surface area contributed by atoms with Crippen LogP contribution in [0.3, 0.4) is 0 Å². The normalized spacial score (nSPS) is 28.6. The predicted molar refractivity (Wildman–Crippen MR) is 61.9 cm³/mol. The predicted octanol–water partition coefficient (Wildman–Crippen LogP) is 0.446. The van der Waals surface area contributed by atoms with Crippen LogP contribution in [0, 0.1) is 11.3 Å². The van der Waals surface area contributed by atoms with E-state index in [0.717, 1.165) is 25.9 Å². The standard InChI is InChI=1S/C12H21NO4/c1-16-7-4-13-8-10(11(14)15)12(9-13)2-5-17-6-3-12/h10H,2-9H2,1H3,(H,14,15). The molecule has 0 aromatic rings. The first-order chi connectivity index (χ1) is 8.18. The Bertz CT molecular complexity index is 276. The number of likely N-dealkylation sites (tertiary alicyclic amines) is 1. The Kier molecular flexibility index (Phi) is 4.01. The Hall–Kier alpha value is -0.650. The van der Waals surface area contributed by atoms with E-state index in [1.165, 1.54) is 0 Å². The smallest absolute Gasteiger partial charge is 0.308 e. The fraction of sp³-hybridized carbons (Fsp3) is 0.917. The number of hydrogen-bond acceptors (Lipinski definition) is 4. The van der Waals surface area contributed by atoms with Crippen molar-refractivity contribution in [2.24, 2.45) is 11.3 Å². The summed E-state index contributed by atoms with van der Waals surface area (Å²) in [7, 11) is 1.68. The Morgan fingerprint density at radius 1 is 1.53 bits per heavy atom. The molecule has 5 heteroatoms. The van der Waals surface area contributed by atoms with Crippen LogP contribution in [0.2, 0.25) is 0 Å². The molecule has 2 aliphatic heterocycles. The quantitative estimate of drug-likeness (QED) is 0.776. The van der Waals surface area contributed by atoms with E-state index >= 15 is 0 Å². The largest absolute Gasteiger partial charge is 0.481 e. The van der Waals surface area contributed by atoms with Gasteiger partial charge in [-0.25, -0.2) is 0 Å². The summed E-state index contributed by atoms with van der Waals surface area (Å²) in [6.07, 6.45) is 1.74. The van der Waals surface area contributed by atoms with Gasteiger partial charge in [-0.2, -0.15) is 0 Å². The van der Waals surface area contributed by atoms with Gasteiger partial charge in [-0.3, -0.25) is 9.69 Å². The van der Waals surface area contributed by atoms with Crippen LogP contribution in [0.1, 0.15) is 12.8 Å². The minimum Gasteiger partial charge on any atom is -0.481 e. The molecule has 5 nitrogen and oxygen atoms in total. The van der Waals surface area contributed by atoms with E-state index in [1.54, 1.807) is 7.11 Å².